The number of hydrogen-bond donors (Lipinski definition) is 1. The number of ether oxygens (including phenoxy) is 1. The highest BCUT2D eigenvalue weighted by Gasteiger charge is 2.19. The van der Waals surface area contributed by atoms with Gasteiger partial charge in [-0.3, -0.25) is 4.68 Å². The highest BCUT2D eigenvalue weighted by atomic mass is 79.9. The monoisotopic (exact) mass is 290 g/mol. The first kappa shape index (κ1) is 13.7. The first-order valence-electron chi connectivity index (χ1n) is 5.46. The third-order valence-corrected chi connectivity index (χ3v) is 2.79. The number of aliphatic hydroxyl groups is 1. The van der Waals surface area contributed by atoms with Gasteiger partial charge in [-0.25, -0.2) is 0 Å². The number of aromatic nitrogens is 2. The fourth-order valence-corrected chi connectivity index (χ4v) is 1.97. The summed E-state index contributed by atoms with van der Waals surface area (Å²) >= 11 is 3.39. The molecule has 0 amide bonds. The molecule has 0 aliphatic carbocycles. The molecule has 0 aliphatic heterocycles. The zero-order valence-electron chi connectivity index (χ0n) is 10.1. The molecule has 16 heavy (non-hydrogen) atoms. The van der Waals surface area contributed by atoms with E-state index in [1.54, 1.807) is 10.9 Å². The molecular weight excluding hydrogens is 272 g/mol. The lowest BCUT2D eigenvalue weighted by atomic mass is 10.2. The van der Waals surface area contributed by atoms with E-state index in [-0.39, 0.29) is 18.8 Å². The van der Waals surface area contributed by atoms with Crippen LogP contribution in [0, 0.1) is 0 Å². The van der Waals surface area contributed by atoms with Crippen LogP contribution in [0.15, 0.2) is 10.7 Å². The van der Waals surface area contributed by atoms with E-state index in [1.807, 2.05) is 27.7 Å². The van der Waals surface area contributed by atoms with E-state index in [1.165, 1.54) is 0 Å². The van der Waals surface area contributed by atoms with Crippen LogP contribution >= 0.6 is 15.9 Å². The number of halogens is 1. The predicted molar refractivity (Wildman–Crippen MR) is 66.4 cm³/mol. The van der Waals surface area contributed by atoms with Crippen molar-refractivity contribution in [3.63, 3.8) is 0 Å². The molecule has 0 saturated carbocycles. The normalized spacial score (nSPS) is 13.8. The summed E-state index contributed by atoms with van der Waals surface area (Å²) in [6, 6.07) is 0.218. The Hall–Kier alpha value is -0.390. The Balaban J connectivity index is 2.81. The van der Waals surface area contributed by atoms with E-state index in [9.17, 15) is 5.11 Å². The Labute approximate surface area is 105 Å². The second-order valence-corrected chi connectivity index (χ2v) is 5.17. The van der Waals surface area contributed by atoms with E-state index in [4.69, 9.17) is 4.74 Å². The molecule has 1 aromatic heterocycles. The standard InChI is InChI=1S/C11H19BrN2O2/c1-7(2)14-11(9(12)5-13-14)10(15)6-16-8(3)4/h5,7-8,10,15H,6H2,1-4H3. The molecule has 1 N–H and O–H groups in total. The van der Waals surface area contributed by atoms with Crippen LogP contribution in [0.4, 0.5) is 0 Å². The van der Waals surface area contributed by atoms with Crippen molar-refractivity contribution in [1.82, 2.24) is 9.78 Å². The van der Waals surface area contributed by atoms with E-state index in [0.717, 1.165) is 10.2 Å². The van der Waals surface area contributed by atoms with Gasteiger partial charge < -0.3 is 9.84 Å². The Morgan fingerprint density at radius 2 is 2.06 bits per heavy atom. The Bertz CT molecular complexity index is 337. The van der Waals surface area contributed by atoms with Gasteiger partial charge in [0.25, 0.3) is 0 Å². The van der Waals surface area contributed by atoms with E-state index < -0.39 is 6.10 Å². The third-order valence-electron chi connectivity index (χ3n) is 2.18. The fraction of sp³-hybridized carbons (Fsp3) is 0.727. The van der Waals surface area contributed by atoms with Gasteiger partial charge in [-0.2, -0.15) is 5.10 Å². The molecule has 1 unspecified atom stereocenters. The largest absolute Gasteiger partial charge is 0.384 e. The van der Waals surface area contributed by atoms with Crippen molar-refractivity contribution >= 4 is 15.9 Å². The average Bonchev–Trinajstić information content (AvgIpc) is 2.56. The molecule has 1 atom stereocenters. The van der Waals surface area contributed by atoms with Crippen molar-refractivity contribution in [3.05, 3.63) is 16.4 Å². The Kier molecular flexibility index (Phi) is 4.95. The van der Waals surface area contributed by atoms with Gasteiger partial charge in [0.05, 0.1) is 29.1 Å². The fourth-order valence-electron chi connectivity index (χ4n) is 1.44. The zero-order chi connectivity index (χ0) is 12.3. The molecule has 0 bridgehead atoms. The molecule has 1 heterocycles. The first-order valence-corrected chi connectivity index (χ1v) is 6.25. The first-order chi connectivity index (χ1) is 7.43. The van der Waals surface area contributed by atoms with E-state index in [2.05, 4.69) is 21.0 Å². The molecule has 92 valence electrons. The van der Waals surface area contributed by atoms with E-state index in [0.29, 0.717) is 0 Å². The highest BCUT2D eigenvalue weighted by molar-refractivity contribution is 9.10. The minimum atomic E-state index is -0.651. The van der Waals surface area contributed by atoms with Crippen LogP contribution in [-0.2, 0) is 4.74 Å². The van der Waals surface area contributed by atoms with Crippen molar-refractivity contribution in [3.8, 4) is 0 Å². The molecule has 0 fully saturated rings. The molecule has 1 rings (SSSR count). The predicted octanol–water partition coefficient (Wildman–Crippen LogP) is 2.68. The Morgan fingerprint density at radius 3 is 2.56 bits per heavy atom. The summed E-state index contributed by atoms with van der Waals surface area (Å²) < 4.78 is 8.03. The molecule has 0 aliphatic rings. The maximum Gasteiger partial charge on any atom is 0.120 e. The smallest absolute Gasteiger partial charge is 0.120 e. The van der Waals surface area contributed by atoms with Crippen molar-refractivity contribution in [2.45, 2.75) is 45.9 Å². The van der Waals surface area contributed by atoms with Gasteiger partial charge in [-0.05, 0) is 43.6 Å². The molecule has 5 heteroatoms. The van der Waals surface area contributed by atoms with Gasteiger partial charge in [-0.1, -0.05) is 0 Å². The van der Waals surface area contributed by atoms with Crippen molar-refractivity contribution < 1.29 is 9.84 Å². The summed E-state index contributed by atoms with van der Waals surface area (Å²) in [6.45, 7) is 8.23. The average molecular weight is 291 g/mol. The van der Waals surface area contributed by atoms with Gasteiger partial charge >= 0.3 is 0 Å². The van der Waals surface area contributed by atoms with Crippen LogP contribution in [0.1, 0.15) is 45.5 Å². The summed E-state index contributed by atoms with van der Waals surface area (Å²) in [4.78, 5) is 0. The molecule has 1 aromatic rings. The van der Waals surface area contributed by atoms with Crippen molar-refractivity contribution in [2.75, 3.05) is 6.61 Å². The molecular formula is C11H19BrN2O2. The van der Waals surface area contributed by atoms with Crippen molar-refractivity contribution in [2.24, 2.45) is 0 Å². The van der Waals surface area contributed by atoms with Gasteiger partial charge in [0.15, 0.2) is 0 Å². The maximum absolute atomic E-state index is 10.1. The summed E-state index contributed by atoms with van der Waals surface area (Å²) in [5.41, 5.74) is 0.774. The lowest BCUT2D eigenvalue weighted by molar-refractivity contribution is 0.000793. The van der Waals surface area contributed by atoms with Crippen LogP contribution < -0.4 is 0 Å². The second-order valence-electron chi connectivity index (χ2n) is 4.31. The summed E-state index contributed by atoms with van der Waals surface area (Å²) in [6.07, 6.45) is 1.17. The van der Waals surface area contributed by atoms with Crippen LogP contribution in [0.3, 0.4) is 0 Å². The van der Waals surface area contributed by atoms with Gasteiger partial charge in [-0.15, -0.1) is 0 Å². The third kappa shape index (κ3) is 3.30. The number of aliphatic hydroxyl groups excluding tert-OH is 1. The second kappa shape index (κ2) is 5.80. The highest BCUT2D eigenvalue weighted by Crippen LogP contribution is 2.26. The maximum atomic E-state index is 10.1. The lowest BCUT2D eigenvalue weighted by Gasteiger charge is -2.17. The molecule has 0 radical (unpaired) electrons. The minimum Gasteiger partial charge on any atom is -0.384 e. The number of rotatable bonds is 5. The molecule has 4 nitrogen and oxygen atoms in total. The van der Waals surface area contributed by atoms with Crippen LogP contribution in [0.2, 0.25) is 0 Å². The number of hydrogen-bond acceptors (Lipinski definition) is 3. The summed E-state index contributed by atoms with van der Waals surface area (Å²) in [5.74, 6) is 0. The Morgan fingerprint density at radius 1 is 1.44 bits per heavy atom. The molecule has 0 aromatic carbocycles. The molecule has 0 saturated heterocycles. The van der Waals surface area contributed by atoms with Crippen LogP contribution in [-0.4, -0.2) is 27.6 Å². The van der Waals surface area contributed by atoms with E-state index >= 15 is 0 Å². The molecule has 0 spiro atoms. The van der Waals surface area contributed by atoms with Crippen LogP contribution in [0.25, 0.3) is 0 Å². The summed E-state index contributed by atoms with van der Waals surface area (Å²) in [5, 5.41) is 14.3. The minimum absolute atomic E-state index is 0.115. The SMILES string of the molecule is CC(C)OCC(O)c1c(Br)cnn1C(C)C. The quantitative estimate of drug-likeness (QED) is 0.907. The van der Waals surface area contributed by atoms with Gasteiger partial charge in [0.2, 0.25) is 0 Å². The summed E-state index contributed by atoms with van der Waals surface area (Å²) in [7, 11) is 0. The van der Waals surface area contributed by atoms with Gasteiger partial charge in [0.1, 0.15) is 6.10 Å². The van der Waals surface area contributed by atoms with Crippen molar-refractivity contribution in [1.29, 1.82) is 0 Å². The topological polar surface area (TPSA) is 47.3 Å². The lowest BCUT2D eigenvalue weighted by Crippen LogP contribution is -2.17. The van der Waals surface area contributed by atoms with Crippen LogP contribution in [0.5, 0.6) is 0 Å². The van der Waals surface area contributed by atoms with Gasteiger partial charge in [0, 0.05) is 6.04 Å². The number of nitrogens with zero attached hydrogens (tertiary/aromatic N) is 2. The zero-order valence-corrected chi connectivity index (χ0v) is 11.7.